The summed E-state index contributed by atoms with van der Waals surface area (Å²) in [6.45, 7) is 6.82. The first-order valence-corrected chi connectivity index (χ1v) is 13.4. The zero-order valence-corrected chi connectivity index (χ0v) is 21.2. The molecule has 198 valence electrons. The van der Waals surface area contributed by atoms with Crippen molar-refractivity contribution in [1.82, 2.24) is 0 Å². The average molecular weight is 517 g/mol. The average Bonchev–Trinajstić information content (AvgIpc) is 3.75. The molecule has 8 heteroatoms. The zero-order valence-electron chi connectivity index (χ0n) is 21.2. The highest BCUT2D eigenvalue weighted by Gasteiger charge is 2.32. The summed E-state index contributed by atoms with van der Waals surface area (Å²) in [7, 11) is 0. The number of ether oxygens (including phenoxy) is 6. The molecule has 7 rings (SSSR count). The molecule has 4 fully saturated rings. The van der Waals surface area contributed by atoms with Crippen LogP contribution in [0.5, 0.6) is 23.0 Å². The van der Waals surface area contributed by atoms with Crippen LogP contribution in [0.3, 0.4) is 0 Å². The van der Waals surface area contributed by atoms with Crippen LogP contribution in [0.4, 0.5) is 11.4 Å². The minimum absolute atomic E-state index is 0.314. The molecular formula is C30H32N2O6. The summed E-state index contributed by atoms with van der Waals surface area (Å²) in [5.41, 5.74) is 2.23. The van der Waals surface area contributed by atoms with Crippen LogP contribution in [0.1, 0.15) is 0 Å². The fourth-order valence-electron chi connectivity index (χ4n) is 4.58. The van der Waals surface area contributed by atoms with Gasteiger partial charge in [0, 0.05) is 49.7 Å². The van der Waals surface area contributed by atoms with Gasteiger partial charge in [-0.25, -0.2) is 0 Å². The summed E-state index contributed by atoms with van der Waals surface area (Å²) < 4.78 is 34.2. The largest absolute Gasteiger partial charge is 0.457 e. The van der Waals surface area contributed by atoms with Crippen molar-refractivity contribution < 1.29 is 28.4 Å². The van der Waals surface area contributed by atoms with Gasteiger partial charge in [-0.1, -0.05) is 12.1 Å². The third kappa shape index (κ3) is 6.57. The van der Waals surface area contributed by atoms with Gasteiger partial charge >= 0.3 is 0 Å². The fourth-order valence-corrected chi connectivity index (χ4v) is 4.58. The fraction of sp³-hybridized carbons (Fsp3) is 0.400. The molecule has 0 N–H and O–H groups in total. The van der Waals surface area contributed by atoms with E-state index in [9.17, 15) is 0 Å². The molecule has 3 aromatic rings. The molecule has 3 aromatic carbocycles. The van der Waals surface area contributed by atoms with E-state index in [2.05, 4.69) is 34.1 Å². The highest BCUT2D eigenvalue weighted by Crippen LogP contribution is 2.32. The van der Waals surface area contributed by atoms with Crippen molar-refractivity contribution in [2.75, 3.05) is 62.4 Å². The molecule has 4 unspecified atom stereocenters. The molecule has 4 saturated heterocycles. The third-order valence-corrected chi connectivity index (χ3v) is 6.97. The number of hydrogen-bond donors (Lipinski definition) is 0. The van der Waals surface area contributed by atoms with Gasteiger partial charge in [0.1, 0.15) is 23.0 Å². The molecule has 4 heterocycles. The SMILES string of the molecule is c1cc(Oc2ccc(Oc3cccc(N(CC4CO4)CC4CO4)c3)cc2)cc(N(CC2CO2)CC2CO2)c1. The van der Waals surface area contributed by atoms with E-state index in [4.69, 9.17) is 28.4 Å². The third-order valence-electron chi connectivity index (χ3n) is 6.97. The van der Waals surface area contributed by atoms with Gasteiger partial charge in [-0.2, -0.15) is 0 Å². The second kappa shape index (κ2) is 10.5. The Morgan fingerprint density at radius 1 is 0.500 bits per heavy atom. The van der Waals surface area contributed by atoms with Gasteiger partial charge < -0.3 is 38.2 Å². The molecule has 0 aromatic heterocycles. The molecule has 4 atom stereocenters. The van der Waals surface area contributed by atoms with Crippen molar-refractivity contribution in [1.29, 1.82) is 0 Å². The van der Waals surface area contributed by atoms with E-state index >= 15 is 0 Å². The summed E-state index contributed by atoms with van der Waals surface area (Å²) >= 11 is 0. The first-order chi connectivity index (χ1) is 18.7. The smallest absolute Gasteiger partial charge is 0.129 e. The molecule has 0 bridgehead atoms. The second-order valence-corrected chi connectivity index (χ2v) is 10.3. The first kappa shape index (κ1) is 23.8. The van der Waals surface area contributed by atoms with E-state index in [1.165, 1.54) is 0 Å². The van der Waals surface area contributed by atoms with Crippen molar-refractivity contribution in [2.45, 2.75) is 24.4 Å². The highest BCUT2D eigenvalue weighted by molar-refractivity contribution is 5.53. The van der Waals surface area contributed by atoms with Crippen LogP contribution in [0.2, 0.25) is 0 Å². The Morgan fingerprint density at radius 3 is 1.16 bits per heavy atom. The van der Waals surface area contributed by atoms with Crippen LogP contribution in [-0.4, -0.2) is 77.0 Å². The molecule has 4 aliphatic heterocycles. The molecule has 4 aliphatic rings. The molecule has 0 spiro atoms. The lowest BCUT2D eigenvalue weighted by molar-refractivity contribution is 0.388. The molecule has 8 nitrogen and oxygen atoms in total. The molecule has 0 radical (unpaired) electrons. The Balaban J connectivity index is 0.992. The second-order valence-electron chi connectivity index (χ2n) is 10.3. The van der Waals surface area contributed by atoms with E-state index in [1.54, 1.807) is 0 Å². The number of nitrogens with zero attached hydrogens (tertiary/aromatic N) is 2. The Labute approximate surface area is 222 Å². The molecule has 0 aliphatic carbocycles. The van der Waals surface area contributed by atoms with Crippen molar-refractivity contribution >= 4 is 11.4 Å². The lowest BCUT2D eigenvalue weighted by atomic mass is 10.2. The van der Waals surface area contributed by atoms with Crippen LogP contribution >= 0.6 is 0 Å². The maximum atomic E-state index is 6.18. The molecule has 38 heavy (non-hydrogen) atoms. The number of rotatable bonds is 14. The Kier molecular flexibility index (Phi) is 6.55. The Morgan fingerprint density at radius 2 is 0.842 bits per heavy atom. The zero-order chi connectivity index (χ0) is 25.3. The van der Waals surface area contributed by atoms with Gasteiger partial charge in [0.15, 0.2) is 0 Å². The Hall–Kier alpha value is -3.30. The quantitative estimate of drug-likeness (QED) is 0.291. The van der Waals surface area contributed by atoms with Crippen molar-refractivity contribution in [3.63, 3.8) is 0 Å². The topological polar surface area (TPSA) is 75.1 Å². The van der Waals surface area contributed by atoms with Crippen LogP contribution in [0, 0.1) is 0 Å². The van der Waals surface area contributed by atoms with Gasteiger partial charge in [0.05, 0.1) is 50.8 Å². The predicted molar refractivity (Wildman–Crippen MR) is 143 cm³/mol. The van der Waals surface area contributed by atoms with Crippen molar-refractivity contribution in [2.24, 2.45) is 0 Å². The summed E-state index contributed by atoms with van der Waals surface area (Å²) in [5.74, 6) is 3.10. The highest BCUT2D eigenvalue weighted by atomic mass is 16.6. The maximum Gasteiger partial charge on any atom is 0.129 e. The van der Waals surface area contributed by atoms with E-state index in [0.29, 0.717) is 24.4 Å². The van der Waals surface area contributed by atoms with Crippen LogP contribution in [0.25, 0.3) is 0 Å². The van der Waals surface area contributed by atoms with E-state index < -0.39 is 0 Å². The van der Waals surface area contributed by atoms with Gasteiger partial charge in [-0.05, 0) is 48.5 Å². The van der Waals surface area contributed by atoms with E-state index in [0.717, 1.165) is 87.0 Å². The lowest BCUT2D eigenvalue weighted by Gasteiger charge is -2.24. The number of epoxide rings is 4. The summed E-state index contributed by atoms with van der Waals surface area (Å²) in [6, 6.07) is 24.1. The number of anilines is 2. The van der Waals surface area contributed by atoms with E-state index in [1.807, 2.05) is 48.5 Å². The number of hydrogen-bond acceptors (Lipinski definition) is 8. The Bertz CT molecular complexity index is 1110. The number of benzene rings is 3. The van der Waals surface area contributed by atoms with Crippen LogP contribution < -0.4 is 19.3 Å². The summed E-state index contributed by atoms with van der Waals surface area (Å²) in [5, 5.41) is 0. The summed E-state index contributed by atoms with van der Waals surface area (Å²) in [4.78, 5) is 4.65. The minimum Gasteiger partial charge on any atom is -0.457 e. The molecule has 0 saturated carbocycles. The predicted octanol–water partition coefficient (Wildman–Crippen LogP) is 4.48. The van der Waals surface area contributed by atoms with Crippen molar-refractivity contribution in [3.8, 4) is 23.0 Å². The van der Waals surface area contributed by atoms with Gasteiger partial charge in [-0.3, -0.25) is 0 Å². The van der Waals surface area contributed by atoms with Gasteiger partial charge in [0.25, 0.3) is 0 Å². The van der Waals surface area contributed by atoms with Gasteiger partial charge in [0.2, 0.25) is 0 Å². The van der Waals surface area contributed by atoms with Crippen molar-refractivity contribution in [3.05, 3.63) is 72.8 Å². The van der Waals surface area contributed by atoms with Crippen LogP contribution in [0.15, 0.2) is 72.8 Å². The standard InChI is InChI=1S/C30H32N2O6/c1-3-21(31(13-27-17-33-27)14-28-18-34-28)11-25(5-1)37-23-7-9-24(10-8-23)38-26-6-2-4-22(12-26)32(15-29-19-35-29)16-30-20-36-30/h1-12,27-30H,13-20H2. The molecular weight excluding hydrogens is 484 g/mol. The maximum absolute atomic E-state index is 6.18. The monoisotopic (exact) mass is 516 g/mol. The minimum atomic E-state index is 0.314. The molecule has 0 amide bonds. The first-order valence-electron chi connectivity index (χ1n) is 13.4. The van der Waals surface area contributed by atoms with E-state index in [-0.39, 0.29) is 0 Å². The normalized spacial score (nSPS) is 24.4. The summed E-state index contributed by atoms with van der Waals surface area (Å²) in [6.07, 6.45) is 1.26. The van der Waals surface area contributed by atoms with Crippen LogP contribution in [-0.2, 0) is 18.9 Å². The van der Waals surface area contributed by atoms with Gasteiger partial charge in [-0.15, -0.1) is 0 Å². The lowest BCUT2D eigenvalue weighted by Crippen LogP contribution is -2.31.